The van der Waals surface area contributed by atoms with E-state index in [2.05, 4.69) is 15.9 Å². The van der Waals surface area contributed by atoms with Crippen LogP contribution in [0.15, 0.2) is 28.7 Å². The van der Waals surface area contributed by atoms with Crippen molar-refractivity contribution in [3.05, 3.63) is 62.6 Å². The van der Waals surface area contributed by atoms with Gasteiger partial charge in [-0.3, -0.25) is 0 Å². The van der Waals surface area contributed by atoms with Crippen LogP contribution in [0.5, 0.6) is 5.75 Å². The highest BCUT2D eigenvalue weighted by Crippen LogP contribution is 2.39. The van der Waals surface area contributed by atoms with Gasteiger partial charge >= 0.3 is 0 Å². The molecule has 0 aliphatic carbocycles. The molecular weight excluding hydrogens is 342 g/mol. The van der Waals surface area contributed by atoms with Crippen LogP contribution in [0, 0.1) is 25.5 Å². The average Bonchev–Trinajstić information content (AvgIpc) is 2.41. The second-order valence-electron chi connectivity index (χ2n) is 4.82. The summed E-state index contributed by atoms with van der Waals surface area (Å²) in [4.78, 5) is 0. The first-order valence-electron chi connectivity index (χ1n) is 6.33. The number of aliphatic hydroxyl groups excluding tert-OH is 1. The van der Waals surface area contributed by atoms with Crippen molar-refractivity contribution in [2.75, 3.05) is 7.11 Å². The Kier molecular flexibility index (Phi) is 4.64. The van der Waals surface area contributed by atoms with E-state index in [1.54, 1.807) is 6.92 Å². The first-order valence-corrected chi connectivity index (χ1v) is 7.12. The summed E-state index contributed by atoms with van der Waals surface area (Å²) in [7, 11) is 1.49. The van der Waals surface area contributed by atoms with Crippen molar-refractivity contribution in [3.8, 4) is 5.75 Å². The van der Waals surface area contributed by atoms with E-state index in [4.69, 9.17) is 4.74 Å². The zero-order valence-electron chi connectivity index (χ0n) is 11.9. The Balaban J connectivity index is 2.65. The third kappa shape index (κ3) is 2.94. The minimum atomic E-state index is -1.24. The lowest BCUT2D eigenvalue weighted by atomic mass is 9.94. The highest BCUT2D eigenvalue weighted by atomic mass is 79.9. The summed E-state index contributed by atoms with van der Waals surface area (Å²) in [5.41, 5.74) is 2.03. The zero-order valence-corrected chi connectivity index (χ0v) is 13.5. The standard InChI is InChI=1S/C16H15BrF2O2/c1-8-6-12(17)9(2)14(16(8)21-3)15(20)11-5-4-10(18)7-13(11)19/h4-7,15,20H,1-3H3. The first kappa shape index (κ1) is 15.9. The third-order valence-electron chi connectivity index (χ3n) is 3.44. The molecule has 21 heavy (non-hydrogen) atoms. The van der Waals surface area contributed by atoms with E-state index >= 15 is 0 Å². The molecule has 0 amide bonds. The van der Waals surface area contributed by atoms with Crippen molar-refractivity contribution < 1.29 is 18.6 Å². The van der Waals surface area contributed by atoms with Crippen molar-refractivity contribution in [1.29, 1.82) is 0 Å². The van der Waals surface area contributed by atoms with Gasteiger partial charge in [0.1, 0.15) is 23.5 Å². The lowest BCUT2D eigenvalue weighted by molar-refractivity contribution is 0.208. The van der Waals surface area contributed by atoms with Crippen LogP contribution in [0.2, 0.25) is 0 Å². The maximum Gasteiger partial charge on any atom is 0.132 e. The third-order valence-corrected chi connectivity index (χ3v) is 4.27. The van der Waals surface area contributed by atoms with Gasteiger partial charge in [0.25, 0.3) is 0 Å². The van der Waals surface area contributed by atoms with Crippen LogP contribution in [0.3, 0.4) is 0 Å². The Labute approximate surface area is 130 Å². The van der Waals surface area contributed by atoms with Crippen molar-refractivity contribution in [1.82, 2.24) is 0 Å². The molecule has 5 heteroatoms. The number of halogens is 3. The van der Waals surface area contributed by atoms with Gasteiger partial charge in [0, 0.05) is 21.7 Å². The number of benzene rings is 2. The molecule has 0 radical (unpaired) electrons. The van der Waals surface area contributed by atoms with E-state index in [1.807, 2.05) is 13.0 Å². The van der Waals surface area contributed by atoms with E-state index in [1.165, 1.54) is 13.2 Å². The molecule has 112 valence electrons. The molecule has 1 N–H and O–H groups in total. The zero-order chi connectivity index (χ0) is 15.7. The van der Waals surface area contributed by atoms with Crippen LogP contribution in [0.4, 0.5) is 8.78 Å². The summed E-state index contributed by atoms with van der Waals surface area (Å²) in [5.74, 6) is -0.980. The van der Waals surface area contributed by atoms with Crippen molar-refractivity contribution >= 4 is 15.9 Å². The molecule has 0 saturated carbocycles. The Morgan fingerprint density at radius 2 is 1.86 bits per heavy atom. The first-order chi connectivity index (χ1) is 9.86. The summed E-state index contributed by atoms with van der Waals surface area (Å²) in [5, 5.41) is 10.5. The molecule has 0 saturated heterocycles. The highest BCUT2D eigenvalue weighted by Gasteiger charge is 2.24. The Morgan fingerprint density at radius 1 is 1.19 bits per heavy atom. The maximum absolute atomic E-state index is 13.9. The molecule has 1 atom stereocenters. The average molecular weight is 357 g/mol. The molecule has 0 aliphatic rings. The number of rotatable bonds is 3. The second-order valence-corrected chi connectivity index (χ2v) is 5.67. The summed E-state index contributed by atoms with van der Waals surface area (Å²) in [6.07, 6.45) is -1.24. The van der Waals surface area contributed by atoms with Crippen LogP contribution in [0.1, 0.15) is 28.4 Å². The molecule has 2 aromatic carbocycles. The summed E-state index contributed by atoms with van der Waals surface area (Å²) in [6.45, 7) is 3.63. The van der Waals surface area contributed by atoms with Crippen molar-refractivity contribution in [2.24, 2.45) is 0 Å². The van der Waals surface area contributed by atoms with Gasteiger partial charge in [0.05, 0.1) is 7.11 Å². The van der Waals surface area contributed by atoms with E-state index in [-0.39, 0.29) is 5.56 Å². The Morgan fingerprint density at radius 3 is 2.43 bits per heavy atom. The molecular formula is C16H15BrF2O2. The number of aliphatic hydroxyl groups is 1. The van der Waals surface area contributed by atoms with Gasteiger partial charge < -0.3 is 9.84 Å². The number of methoxy groups -OCH3 is 1. The molecule has 0 spiro atoms. The minimum Gasteiger partial charge on any atom is -0.496 e. The molecule has 2 nitrogen and oxygen atoms in total. The second kappa shape index (κ2) is 6.12. The van der Waals surface area contributed by atoms with E-state index in [0.29, 0.717) is 11.3 Å². The molecule has 2 aromatic rings. The molecule has 0 fully saturated rings. The van der Waals surface area contributed by atoms with Crippen LogP contribution in [-0.4, -0.2) is 12.2 Å². The molecule has 0 heterocycles. The van der Waals surface area contributed by atoms with Gasteiger partial charge in [0.15, 0.2) is 0 Å². The van der Waals surface area contributed by atoms with Crippen LogP contribution in [0.25, 0.3) is 0 Å². The predicted octanol–water partition coefficient (Wildman–Crippen LogP) is 4.43. The molecule has 1 unspecified atom stereocenters. The van der Waals surface area contributed by atoms with Gasteiger partial charge in [0.2, 0.25) is 0 Å². The molecule has 0 aliphatic heterocycles. The van der Waals surface area contributed by atoms with Gasteiger partial charge in [-0.05, 0) is 37.1 Å². The van der Waals surface area contributed by atoms with E-state index < -0.39 is 17.7 Å². The quantitative estimate of drug-likeness (QED) is 0.881. The molecule has 2 rings (SSSR count). The van der Waals surface area contributed by atoms with Gasteiger partial charge in [-0.15, -0.1) is 0 Å². The highest BCUT2D eigenvalue weighted by molar-refractivity contribution is 9.10. The van der Waals surface area contributed by atoms with Crippen LogP contribution < -0.4 is 4.74 Å². The monoisotopic (exact) mass is 356 g/mol. The van der Waals surface area contributed by atoms with Gasteiger partial charge in [-0.1, -0.05) is 22.0 Å². The minimum absolute atomic E-state index is 0.00954. The predicted molar refractivity (Wildman–Crippen MR) is 80.6 cm³/mol. The number of aryl methyl sites for hydroxylation is 1. The maximum atomic E-state index is 13.9. The normalized spacial score (nSPS) is 12.3. The van der Waals surface area contributed by atoms with Crippen LogP contribution in [-0.2, 0) is 0 Å². The van der Waals surface area contributed by atoms with Gasteiger partial charge in [-0.2, -0.15) is 0 Å². The fraction of sp³-hybridized carbons (Fsp3) is 0.250. The lowest BCUT2D eigenvalue weighted by Crippen LogP contribution is -2.08. The Bertz CT molecular complexity index is 686. The lowest BCUT2D eigenvalue weighted by Gasteiger charge is -2.21. The number of ether oxygens (including phenoxy) is 1. The molecule has 0 aromatic heterocycles. The van der Waals surface area contributed by atoms with E-state index in [9.17, 15) is 13.9 Å². The Hall–Kier alpha value is -1.46. The largest absolute Gasteiger partial charge is 0.496 e. The smallest absolute Gasteiger partial charge is 0.132 e. The van der Waals surface area contributed by atoms with E-state index in [0.717, 1.165) is 27.7 Å². The van der Waals surface area contributed by atoms with Crippen LogP contribution >= 0.6 is 15.9 Å². The molecule has 0 bridgehead atoms. The summed E-state index contributed by atoms with van der Waals surface area (Å²) < 4.78 is 33.0. The SMILES string of the molecule is COc1c(C)cc(Br)c(C)c1C(O)c1ccc(F)cc1F. The number of hydrogen-bond acceptors (Lipinski definition) is 2. The van der Waals surface area contributed by atoms with Crippen molar-refractivity contribution in [3.63, 3.8) is 0 Å². The van der Waals surface area contributed by atoms with Gasteiger partial charge in [-0.25, -0.2) is 8.78 Å². The fourth-order valence-electron chi connectivity index (χ4n) is 2.35. The summed E-state index contributed by atoms with van der Waals surface area (Å²) >= 11 is 3.41. The summed E-state index contributed by atoms with van der Waals surface area (Å²) in [6, 6.07) is 4.98. The topological polar surface area (TPSA) is 29.5 Å². The van der Waals surface area contributed by atoms with Crippen molar-refractivity contribution in [2.45, 2.75) is 20.0 Å². The number of hydrogen-bond donors (Lipinski definition) is 1. The fourth-order valence-corrected chi connectivity index (χ4v) is 2.91.